The number of nitrogens with one attached hydrogen (secondary N) is 2. The van der Waals surface area contributed by atoms with Crippen molar-refractivity contribution in [3.05, 3.63) is 120 Å². The van der Waals surface area contributed by atoms with Crippen LogP contribution in [0.25, 0.3) is 39.4 Å². The number of nitrogens with zero attached hydrogens (tertiary/aromatic N) is 6. The molecular formula is C50H51FN8O10. The number of ether oxygens (including phenoxy) is 2. The van der Waals surface area contributed by atoms with Gasteiger partial charge in [0.2, 0.25) is 0 Å². The van der Waals surface area contributed by atoms with Gasteiger partial charge in [-0.2, -0.15) is 5.10 Å². The van der Waals surface area contributed by atoms with Crippen LogP contribution in [0.4, 0.5) is 9.18 Å². The number of H-pyrrole nitrogens is 1. The number of esters is 1. The Kier molecular flexibility index (Phi) is 11.4. The van der Waals surface area contributed by atoms with Gasteiger partial charge in [-0.3, -0.25) is 14.5 Å². The highest BCUT2D eigenvalue weighted by Crippen LogP contribution is 2.46. The normalized spacial score (nSPS) is 18.6. The summed E-state index contributed by atoms with van der Waals surface area (Å²) in [7, 11) is 0. The minimum Gasteiger partial charge on any atom is -0.508 e. The number of carbonyl (C=O) groups is 3. The van der Waals surface area contributed by atoms with E-state index >= 15 is 4.39 Å². The highest BCUT2D eigenvalue weighted by atomic mass is 19.1. The summed E-state index contributed by atoms with van der Waals surface area (Å²) in [4.78, 5) is 74.3. The van der Waals surface area contributed by atoms with Gasteiger partial charge in [0.05, 0.1) is 46.3 Å². The molecule has 0 saturated carbocycles. The third-order valence-corrected chi connectivity index (χ3v) is 14.4. The lowest BCUT2D eigenvalue weighted by Gasteiger charge is -2.54. The number of aromatic nitrogens is 5. The Labute approximate surface area is 393 Å². The maximum Gasteiger partial charge on any atom is 0.408 e. The van der Waals surface area contributed by atoms with E-state index in [4.69, 9.17) is 14.5 Å². The number of alkyl carbamates (subject to hydrolysis) is 1. The fourth-order valence-corrected chi connectivity index (χ4v) is 10.7. The molecule has 7 heterocycles. The van der Waals surface area contributed by atoms with E-state index < -0.39 is 47.9 Å². The average Bonchev–Trinajstić information content (AvgIpc) is 3.90. The number of hydrogen-bond acceptors (Lipinski definition) is 13. The van der Waals surface area contributed by atoms with Crippen LogP contribution in [0.1, 0.15) is 89.8 Å². The number of phenols is 2. The molecule has 4 aliphatic heterocycles. The number of aromatic hydroxyl groups is 2. The molecule has 1 aliphatic carbocycles. The van der Waals surface area contributed by atoms with Crippen molar-refractivity contribution in [2.24, 2.45) is 5.41 Å². The molecule has 2 amide bonds. The molecule has 358 valence electrons. The molecule has 5 aliphatic rings. The first-order valence-corrected chi connectivity index (χ1v) is 23.2. The number of phenolic OH excluding ortho intramolecular Hbond substituents is 2. The minimum atomic E-state index is -1.64. The quantitative estimate of drug-likeness (QED) is 0.131. The number of rotatable bonds is 7. The van der Waals surface area contributed by atoms with E-state index in [-0.39, 0.29) is 52.9 Å². The number of halogens is 1. The van der Waals surface area contributed by atoms with E-state index in [0.717, 1.165) is 37.1 Å². The van der Waals surface area contributed by atoms with Gasteiger partial charge in [0.25, 0.3) is 11.5 Å². The maximum atomic E-state index is 15.3. The highest BCUT2D eigenvalue weighted by Gasteiger charge is 2.47. The number of carbonyl (C=O) groups excluding carboxylic acids is 3. The summed E-state index contributed by atoms with van der Waals surface area (Å²) >= 11 is 0. The molecule has 18 nitrogen and oxygen atoms in total. The van der Waals surface area contributed by atoms with Crippen LogP contribution in [0.15, 0.2) is 58.1 Å². The molecule has 2 atom stereocenters. The van der Waals surface area contributed by atoms with Crippen LogP contribution in [0, 0.1) is 25.1 Å². The van der Waals surface area contributed by atoms with Crippen LogP contribution < -0.4 is 16.6 Å². The zero-order chi connectivity index (χ0) is 48.6. The Morgan fingerprint density at radius 2 is 1.72 bits per heavy atom. The minimum absolute atomic E-state index is 0.0189. The van der Waals surface area contributed by atoms with Gasteiger partial charge in [0, 0.05) is 53.7 Å². The van der Waals surface area contributed by atoms with Gasteiger partial charge in [-0.1, -0.05) is 26.0 Å². The lowest BCUT2D eigenvalue weighted by Crippen LogP contribution is -2.62. The van der Waals surface area contributed by atoms with E-state index in [1.54, 1.807) is 30.9 Å². The zero-order valence-electron chi connectivity index (χ0n) is 38.5. The number of aryl methyl sites for hydroxylation is 2. The lowest BCUT2D eigenvalue weighted by atomic mass is 9.72. The number of likely N-dealkylation sites (tertiary alicyclic amines) is 2. The van der Waals surface area contributed by atoms with Gasteiger partial charge in [-0.25, -0.2) is 33.4 Å². The molecule has 3 aromatic carbocycles. The molecule has 11 rings (SSSR count). The number of piperidine rings is 1. The van der Waals surface area contributed by atoms with Crippen molar-refractivity contribution in [1.29, 1.82) is 0 Å². The summed E-state index contributed by atoms with van der Waals surface area (Å²) in [5.74, 6) is -1.64. The molecule has 3 aromatic heterocycles. The van der Waals surface area contributed by atoms with Crippen molar-refractivity contribution >= 4 is 28.9 Å². The highest BCUT2D eigenvalue weighted by molar-refractivity contribution is 5.93. The average molecular weight is 943 g/mol. The predicted octanol–water partition coefficient (Wildman–Crippen LogP) is 5.09. The second-order valence-electron chi connectivity index (χ2n) is 18.4. The Balaban J connectivity index is 0.00000273. The number of aromatic amines is 1. The van der Waals surface area contributed by atoms with E-state index in [1.807, 2.05) is 38.1 Å². The summed E-state index contributed by atoms with van der Waals surface area (Å²) in [6.07, 6.45) is 0.191. The largest absolute Gasteiger partial charge is 0.508 e. The fraction of sp³-hybridized carbons (Fsp3) is 0.380. The number of hydrogen-bond donors (Lipinski definition) is 5. The molecule has 1 spiro atoms. The molecular weight excluding hydrogens is 892 g/mol. The Morgan fingerprint density at radius 3 is 2.46 bits per heavy atom. The smallest absolute Gasteiger partial charge is 0.408 e. The van der Waals surface area contributed by atoms with Crippen molar-refractivity contribution in [3.63, 3.8) is 0 Å². The van der Waals surface area contributed by atoms with Crippen molar-refractivity contribution in [1.82, 2.24) is 39.4 Å². The lowest BCUT2D eigenvalue weighted by molar-refractivity contribution is -0.157. The first-order chi connectivity index (χ1) is 33.2. The Hall–Kier alpha value is -7.38. The molecule has 2 saturated heterocycles. The number of amides is 2. The van der Waals surface area contributed by atoms with Gasteiger partial charge in [-0.15, -0.1) is 0 Å². The van der Waals surface area contributed by atoms with Crippen LogP contribution in [0.2, 0.25) is 0 Å². The van der Waals surface area contributed by atoms with Gasteiger partial charge in [0.15, 0.2) is 18.5 Å². The summed E-state index contributed by atoms with van der Waals surface area (Å²) in [5.41, 5.74) is 5.48. The topological polar surface area (TPSA) is 234 Å². The number of pyridine rings is 2. The van der Waals surface area contributed by atoms with Gasteiger partial charge < -0.3 is 39.6 Å². The van der Waals surface area contributed by atoms with Crippen molar-refractivity contribution < 1.29 is 43.6 Å². The number of aliphatic hydroxyl groups excluding tert-OH is 1. The molecule has 2 fully saturated rings. The van der Waals surface area contributed by atoms with E-state index in [9.17, 15) is 39.3 Å². The monoisotopic (exact) mass is 942 g/mol. The molecule has 19 heteroatoms. The fourth-order valence-electron chi connectivity index (χ4n) is 10.7. The van der Waals surface area contributed by atoms with Crippen molar-refractivity contribution in [3.8, 4) is 40.0 Å². The van der Waals surface area contributed by atoms with Crippen LogP contribution >= 0.6 is 0 Å². The van der Waals surface area contributed by atoms with Crippen LogP contribution in [-0.2, 0) is 45.2 Å². The number of benzene rings is 3. The third kappa shape index (κ3) is 7.69. The molecule has 2 unspecified atom stereocenters. The SMILES string of the molecule is CC.Cc1cc(-c2n[nH]c(=O)n2-c2ccc(CN3CCC4(CC3)CN(C(=O)COC(=O)NC3CCc5c(C)c(F)cc6nc7c(c3c56)Cn3c-7cc5c(c3=O)COC(=O)C5O)C4)cc2)c(O)cc1O. The second-order valence-corrected chi connectivity index (χ2v) is 18.4. The summed E-state index contributed by atoms with van der Waals surface area (Å²) in [6, 6.07) is 12.6. The van der Waals surface area contributed by atoms with Crippen LogP contribution in [-0.4, -0.2) is 100 Å². The van der Waals surface area contributed by atoms with Crippen LogP contribution in [0.3, 0.4) is 0 Å². The summed E-state index contributed by atoms with van der Waals surface area (Å²) < 4.78 is 28.7. The molecule has 0 radical (unpaired) electrons. The standard InChI is InChI=1S/C48H45FN8O10.C2H6/c1-23-13-29(37(59)16-36(23)58)43-52-53-46(64)57(43)26-5-3-25(4-6-26)17-54-11-9-48(10-12-54)21-55(22-48)38(60)20-67-47(65)51-33-8-7-27-24(2)32(49)15-34-39(27)40(33)30-18-56-35(41(30)50-34)14-28-31(44(56)62)19-66-45(63)42(28)61;1-2/h3-6,13-16,33,42,58-59,61H,7-12,17-22H2,1-2H3,(H,51,65)(H,53,64);1-2H3. The second kappa shape index (κ2) is 17.3. The van der Waals surface area contributed by atoms with Crippen molar-refractivity contribution in [2.75, 3.05) is 32.8 Å². The Bertz CT molecular complexity index is 3240. The molecule has 69 heavy (non-hydrogen) atoms. The zero-order valence-corrected chi connectivity index (χ0v) is 38.5. The predicted molar refractivity (Wildman–Crippen MR) is 248 cm³/mol. The first-order valence-electron chi connectivity index (χ1n) is 23.2. The summed E-state index contributed by atoms with van der Waals surface area (Å²) in [6.45, 7) is 10.2. The van der Waals surface area contributed by atoms with E-state index in [1.165, 1.54) is 21.3 Å². The maximum absolute atomic E-state index is 15.3. The van der Waals surface area contributed by atoms with Gasteiger partial charge in [0.1, 0.15) is 23.9 Å². The molecule has 0 bridgehead atoms. The third-order valence-electron chi connectivity index (χ3n) is 14.4. The molecule has 6 aromatic rings. The van der Waals surface area contributed by atoms with Gasteiger partial charge >= 0.3 is 17.8 Å². The van der Waals surface area contributed by atoms with Crippen molar-refractivity contribution in [2.45, 2.75) is 85.2 Å². The van der Waals surface area contributed by atoms with Crippen LogP contribution in [0.5, 0.6) is 11.5 Å². The summed E-state index contributed by atoms with van der Waals surface area (Å²) in [5, 5.41) is 41.3. The molecule has 5 N–H and O–H groups in total. The first kappa shape index (κ1) is 45.4. The van der Waals surface area contributed by atoms with E-state index in [2.05, 4.69) is 20.4 Å². The number of aliphatic hydroxyl groups is 1. The Morgan fingerprint density at radius 1 is 0.986 bits per heavy atom. The number of cyclic esters (lactones) is 1. The van der Waals surface area contributed by atoms with E-state index in [0.29, 0.717) is 88.3 Å². The van der Waals surface area contributed by atoms with Gasteiger partial charge in [-0.05, 0) is 105 Å². The number of fused-ring (bicyclic) bond motifs is 5.